The summed E-state index contributed by atoms with van der Waals surface area (Å²) in [7, 11) is 1.06. The van der Waals surface area contributed by atoms with E-state index in [4.69, 9.17) is 0 Å². The fourth-order valence-electron chi connectivity index (χ4n) is 0.486. The van der Waals surface area contributed by atoms with E-state index in [0.717, 1.165) is 8.19 Å². The van der Waals surface area contributed by atoms with E-state index in [1.165, 1.54) is 0 Å². The molecule has 0 saturated carbocycles. The minimum atomic E-state index is -0.0285. The van der Waals surface area contributed by atoms with E-state index in [1.54, 1.807) is 3.31 Å². The normalized spacial score (nSPS) is 10.4. The summed E-state index contributed by atoms with van der Waals surface area (Å²) in [6.07, 6.45) is 0. The van der Waals surface area contributed by atoms with Crippen molar-refractivity contribution in [1.29, 1.82) is 0 Å². The summed E-state index contributed by atoms with van der Waals surface area (Å²) in [5.74, 6) is 2.26. The molecule has 0 nitrogen and oxygen atoms in total. The van der Waals surface area contributed by atoms with Gasteiger partial charge in [0.1, 0.15) is 0 Å². The molecule has 0 aliphatic heterocycles. The Morgan fingerprint density at radius 1 is 1.71 bits per heavy atom. The molecule has 1 atom stereocenters. The van der Waals surface area contributed by atoms with Crippen LogP contribution in [0.4, 0.5) is 0 Å². The first kappa shape index (κ1) is 5.71. The van der Waals surface area contributed by atoms with E-state index in [2.05, 4.69) is 22.9 Å². The third kappa shape index (κ3) is 1.50. The Balaban J connectivity index is 2.76. The zero-order valence-electron chi connectivity index (χ0n) is 4.23. The third-order valence-corrected chi connectivity index (χ3v) is 6.63. The maximum absolute atomic E-state index is 2.37. The van der Waals surface area contributed by atoms with Crippen LogP contribution in [-0.4, -0.2) is 21.1 Å². The van der Waals surface area contributed by atoms with Gasteiger partial charge in [0.05, 0.1) is 0 Å². The van der Waals surface area contributed by atoms with Gasteiger partial charge >= 0.3 is 55.5 Å². The minimum absolute atomic E-state index is 0.0285. The third-order valence-electron chi connectivity index (χ3n) is 0.867. The molecule has 0 bridgehead atoms. The van der Waals surface area contributed by atoms with Crippen LogP contribution in [0, 0.1) is 0 Å². The molecule has 2 radical (unpaired) electrons. The number of hydrogen-bond acceptors (Lipinski definition) is 0. The summed E-state index contributed by atoms with van der Waals surface area (Å²) < 4.78 is 1.75. The van der Waals surface area contributed by atoms with Crippen LogP contribution in [-0.2, 0) is 0 Å². The van der Waals surface area contributed by atoms with E-state index in [9.17, 15) is 0 Å². The van der Waals surface area contributed by atoms with Gasteiger partial charge in [0, 0.05) is 0 Å². The standard InChI is InChI=1S/C4H4P.CH3.Sn/c1-2-4-5-3-1;;/h1-3,5H;1H3;. The van der Waals surface area contributed by atoms with Gasteiger partial charge in [0.25, 0.3) is 0 Å². The summed E-state index contributed by atoms with van der Waals surface area (Å²) in [5.41, 5.74) is 0. The molecule has 0 fully saturated rings. The summed E-state index contributed by atoms with van der Waals surface area (Å²) >= 11 is -0.0285. The molecule has 36 valence electrons. The molecule has 1 rings (SSSR count). The van der Waals surface area contributed by atoms with E-state index in [-0.39, 0.29) is 21.1 Å². The van der Waals surface area contributed by atoms with Crippen LogP contribution in [0.2, 0.25) is 4.94 Å². The van der Waals surface area contributed by atoms with Crippen molar-refractivity contribution in [2.45, 2.75) is 4.94 Å². The van der Waals surface area contributed by atoms with Crippen LogP contribution < -0.4 is 3.31 Å². The van der Waals surface area contributed by atoms with Crippen molar-refractivity contribution < 1.29 is 0 Å². The van der Waals surface area contributed by atoms with Gasteiger partial charge in [0.2, 0.25) is 0 Å². The summed E-state index contributed by atoms with van der Waals surface area (Å²) in [5, 5.41) is 0. The van der Waals surface area contributed by atoms with Crippen molar-refractivity contribution in [2.75, 3.05) is 0 Å². The topological polar surface area (TPSA) is 0 Å². The van der Waals surface area contributed by atoms with E-state index >= 15 is 0 Å². The Bertz CT molecular complexity index is 123. The Kier molecular flexibility index (Phi) is 2.27. The molecule has 0 aliphatic carbocycles. The average molecular weight is 217 g/mol. The van der Waals surface area contributed by atoms with Crippen molar-refractivity contribution in [3.63, 3.8) is 0 Å². The summed E-state index contributed by atoms with van der Waals surface area (Å²) in [4.78, 5) is 2.37. The van der Waals surface area contributed by atoms with Crippen molar-refractivity contribution in [1.82, 2.24) is 0 Å². The van der Waals surface area contributed by atoms with E-state index < -0.39 is 0 Å². The molecule has 7 heavy (non-hydrogen) atoms. The first-order chi connectivity index (χ1) is 3.43. The molecule has 0 N–H and O–H groups in total. The number of rotatable bonds is 1. The first-order valence-corrected chi connectivity index (χ1v) is 7.60. The van der Waals surface area contributed by atoms with Crippen molar-refractivity contribution >= 4 is 32.6 Å². The quantitative estimate of drug-likeness (QED) is 0.617. The van der Waals surface area contributed by atoms with Gasteiger partial charge in [-0.3, -0.25) is 0 Å². The molecule has 1 heterocycles. The van der Waals surface area contributed by atoms with Crippen LogP contribution in [0.3, 0.4) is 0 Å². The van der Waals surface area contributed by atoms with Crippen LogP contribution in [0.1, 0.15) is 0 Å². The Morgan fingerprint density at radius 3 is 2.86 bits per heavy atom. The van der Waals surface area contributed by atoms with Crippen LogP contribution >= 0.6 is 8.19 Å². The molecule has 0 spiro atoms. The molecule has 0 amide bonds. The van der Waals surface area contributed by atoms with Gasteiger partial charge in [-0.2, -0.15) is 0 Å². The predicted octanol–water partition coefficient (Wildman–Crippen LogP) is 1.10. The molecule has 1 unspecified atom stereocenters. The number of hydrogen-bond donors (Lipinski definition) is 0. The van der Waals surface area contributed by atoms with Gasteiger partial charge in [-0.25, -0.2) is 0 Å². The zero-order chi connectivity index (χ0) is 5.11. The predicted molar refractivity (Wildman–Crippen MR) is 37.2 cm³/mol. The Labute approximate surface area is 55.6 Å². The van der Waals surface area contributed by atoms with Crippen LogP contribution in [0.25, 0.3) is 0 Å². The molecule has 1 aromatic rings. The summed E-state index contributed by atoms with van der Waals surface area (Å²) in [6, 6.07) is 4.46. The monoisotopic (exact) mass is 218 g/mol. The van der Waals surface area contributed by atoms with Gasteiger partial charge < -0.3 is 0 Å². The summed E-state index contributed by atoms with van der Waals surface area (Å²) in [6.45, 7) is 0. The second-order valence-corrected chi connectivity index (χ2v) is 6.89. The second-order valence-electron chi connectivity index (χ2n) is 1.33. The Hall–Kier alpha value is 0.579. The Morgan fingerprint density at radius 2 is 2.57 bits per heavy atom. The molecular weight excluding hydrogens is 210 g/mol. The maximum atomic E-state index is 2.37. The SMILES string of the molecule is [CH3][Sn][c]1ccc[pH]1. The molecule has 0 aromatic carbocycles. The zero-order valence-corrected chi connectivity index (χ0v) is 8.09. The van der Waals surface area contributed by atoms with Crippen molar-refractivity contribution in [3.05, 3.63) is 17.9 Å². The van der Waals surface area contributed by atoms with Crippen molar-refractivity contribution in [3.8, 4) is 0 Å². The fraction of sp³-hybridized carbons (Fsp3) is 0.200. The molecule has 2 heteroatoms. The van der Waals surface area contributed by atoms with Gasteiger partial charge in [-0.15, -0.1) is 0 Å². The van der Waals surface area contributed by atoms with Crippen molar-refractivity contribution in [2.24, 2.45) is 0 Å². The van der Waals surface area contributed by atoms with Gasteiger partial charge in [-0.1, -0.05) is 0 Å². The first-order valence-electron chi connectivity index (χ1n) is 2.24. The molecule has 1 aromatic heterocycles. The van der Waals surface area contributed by atoms with E-state index in [1.807, 2.05) is 0 Å². The van der Waals surface area contributed by atoms with Gasteiger partial charge in [0.15, 0.2) is 0 Å². The molecular formula is C5H7PSn. The average Bonchev–Trinajstić information content (AvgIpc) is 2.14. The second kappa shape index (κ2) is 2.78. The van der Waals surface area contributed by atoms with Crippen LogP contribution in [0.15, 0.2) is 17.9 Å². The molecule has 0 aliphatic rings. The van der Waals surface area contributed by atoms with E-state index in [0.29, 0.717) is 0 Å². The van der Waals surface area contributed by atoms with Gasteiger partial charge in [-0.05, 0) is 0 Å². The fourth-order valence-corrected chi connectivity index (χ4v) is 3.89. The molecule has 0 saturated heterocycles. The van der Waals surface area contributed by atoms with Crippen LogP contribution in [0.5, 0.6) is 0 Å².